The molecule has 0 aliphatic heterocycles. The molecule has 1 amide bonds. The van der Waals surface area contributed by atoms with Crippen molar-refractivity contribution in [1.29, 1.82) is 0 Å². The molecule has 0 spiro atoms. The van der Waals surface area contributed by atoms with Crippen molar-refractivity contribution < 1.29 is 9.53 Å². The molecule has 3 aromatic rings. The van der Waals surface area contributed by atoms with Crippen LogP contribution in [-0.2, 0) is 0 Å². The summed E-state index contributed by atoms with van der Waals surface area (Å²) in [5.74, 6) is 0.951. The topological polar surface area (TPSA) is 76.1 Å². The van der Waals surface area contributed by atoms with E-state index in [2.05, 4.69) is 20.6 Å². The van der Waals surface area contributed by atoms with Crippen molar-refractivity contribution in [1.82, 2.24) is 9.97 Å². The SMILES string of the molecule is CC(C)Oc1ccc(Nc2cnc(C(=O)Nc3ccccc3Cl)cn2)cc1. The molecule has 0 unspecified atom stereocenters. The lowest BCUT2D eigenvalue weighted by molar-refractivity contribution is 0.102. The van der Waals surface area contributed by atoms with E-state index < -0.39 is 0 Å². The van der Waals surface area contributed by atoms with Crippen molar-refractivity contribution in [2.45, 2.75) is 20.0 Å². The summed E-state index contributed by atoms with van der Waals surface area (Å²) < 4.78 is 5.61. The smallest absolute Gasteiger partial charge is 0.275 e. The zero-order chi connectivity index (χ0) is 19.2. The fourth-order valence-electron chi connectivity index (χ4n) is 2.30. The van der Waals surface area contributed by atoms with Crippen LogP contribution in [0.1, 0.15) is 24.3 Å². The predicted octanol–water partition coefficient (Wildman–Crippen LogP) is 4.91. The molecule has 2 aromatic carbocycles. The maximum atomic E-state index is 12.3. The van der Waals surface area contributed by atoms with Crippen LogP contribution in [0, 0.1) is 0 Å². The van der Waals surface area contributed by atoms with E-state index >= 15 is 0 Å². The highest BCUT2D eigenvalue weighted by Gasteiger charge is 2.10. The van der Waals surface area contributed by atoms with Crippen LogP contribution in [0.4, 0.5) is 17.2 Å². The molecule has 0 atom stereocenters. The minimum absolute atomic E-state index is 0.124. The second kappa shape index (κ2) is 8.51. The third-order valence-electron chi connectivity index (χ3n) is 3.51. The molecule has 1 heterocycles. The molecule has 1 aromatic heterocycles. The molecule has 0 aliphatic rings. The van der Waals surface area contributed by atoms with Gasteiger partial charge < -0.3 is 15.4 Å². The van der Waals surface area contributed by atoms with E-state index in [0.29, 0.717) is 16.5 Å². The van der Waals surface area contributed by atoms with Gasteiger partial charge in [-0.2, -0.15) is 0 Å². The quantitative estimate of drug-likeness (QED) is 0.633. The lowest BCUT2D eigenvalue weighted by atomic mass is 10.3. The van der Waals surface area contributed by atoms with E-state index in [9.17, 15) is 4.79 Å². The Morgan fingerprint density at radius 2 is 1.78 bits per heavy atom. The first-order valence-corrected chi connectivity index (χ1v) is 8.81. The van der Waals surface area contributed by atoms with E-state index in [0.717, 1.165) is 11.4 Å². The predicted molar refractivity (Wildman–Crippen MR) is 107 cm³/mol. The molecule has 6 nitrogen and oxygen atoms in total. The summed E-state index contributed by atoms with van der Waals surface area (Å²) in [4.78, 5) is 20.6. The normalized spacial score (nSPS) is 10.5. The van der Waals surface area contributed by atoms with Crippen LogP contribution >= 0.6 is 11.6 Å². The van der Waals surface area contributed by atoms with E-state index in [-0.39, 0.29) is 17.7 Å². The standard InChI is InChI=1S/C20H19ClN4O2/c1-13(2)27-15-9-7-14(8-10-15)24-19-12-22-18(11-23-19)20(26)25-17-6-4-3-5-16(17)21/h3-13H,1-2H3,(H,23,24)(H,25,26). The summed E-state index contributed by atoms with van der Waals surface area (Å²) in [7, 11) is 0. The molecule has 2 N–H and O–H groups in total. The third-order valence-corrected chi connectivity index (χ3v) is 3.83. The molecule has 3 rings (SSSR count). The molecule has 0 saturated heterocycles. The maximum Gasteiger partial charge on any atom is 0.275 e. The zero-order valence-corrected chi connectivity index (χ0v) is 15.7. The number of aromatic nitrogens is 2. The molecule has 27 heavy (non-hydrogen) atoms. The van der Waals surface area contributed by atoms with Crippen LogP contribution < -0.4 is 15.4 Å². The first-order chi connectivity index (χ1) is 13.0. The fraction of sp³-hybridized carbons (Fsp3) is 0.150. The highest BCUT2D eigenvalue weighted by molar-refractivity contribution is 6.33. The van der Waals surface area contributed by atoms with Crippen molar-refractivity contribution in [2.75, 3.05) is 10.6 Å². The molecule has 0 fully saturated rings. The average molecular weight is 383 g/mol. The van der Waals surface area contributed by atoms with Gasteiger partial charge in [-0.25, -0.2) is 9.97 Å². The minimum atomic E-state index is -0.377. The van der Waals surface area contributed by atoms with E-state index in [1.807, 2.05) is 38.1 Å². The van der Waals surface area contributed by atoms with Gasteiger partial charge in [-0.3, -0.25) is 4.79 Å². The summed E-state index contributed by atoms with van der Waals surface area (Å²) in [6.45, 7) is 3.95. The molecule has 138 valence electrons. The number of hydrogen-bond acceptors (Lipinski definition) is 5. The van der Waals surface area contributed by atoms with Gasteiger partial charge in [-0.05, 0) is 50.2 Å². The zero-order valence-electron chi connectivity index (χ0n) is 14.9. The summed E-state index contributed by atoms with van der Waals surface area (Å²) in [5, 5.41) is 6.30. The average Bonchev–Trinajstić information content (AvgIpc) is 2.65. The van der Waals surface area contributed by atoms with Crippen LogP contribution in [0.15, 0.2) is 60.9 Å². The number of rotatable bonds is 6. The Morgan fingerprint density at radius 1 is 1.04 bits per heavy atom. The molecular formula is C20H19ClN4O2. The van der Waals surface area contributed by atoms with E-state index in [1.165, 1.54) is 12.4 Å². The second-order valence-electron chi connectivity index (χ2n) is 6.04. The Hall–Kier alpha value is -3.12. The Balaban J connectivity index is 1.63. The number of carbonyl (C=O) groups excluding carboxylic acids is 1. The Bertz CT molecular complexity index is 912. The number of halogens is 1. The molecular weight excluding hydrogens is 364 g/mol. The van der Waals surface area contributed by atoms with Gasteiger partial charge in [0.1, 0.15) is 17.3 Å². The number of carbonyl (C=O) groups is 1. The number of benzene rings is 2. The van der Waals surface area contributed by atoms with Crippen LogP contribution in [0.5, 0.6) is 5.75 Å². The van der Waals surface area contributed by atoms with Crippen molar-refractivity contribution in [3.8, 4) is 5.75 Å². The monoisotopic (exact) mass is 382 g/mol. The number of para-hydroxylation sites is 1. The lowest BCUT2D eigenvalue weighted by Crippen LogP contribution is -2.14. The van der Waals surface area contributed by atoms with E-state index in [4.69, 9.17) is 16.3 Å². The number of amides is 1. The summed E-state index contributed by atoms with van der Waals surface area (Å²) in [6.07, 6.45) is 3.03. The minimum Gasteiger partial charge on any atom is -0.491 e. The summed E-state index contributed by atoms with van der Waals surface area (Å²) in [5.41, 5.74) is 1.56. The van der Waals surface area contributed by atoms with Gasteiger partial charge in [0.15, 0.2) is 0 Å². The Morgan fingerprint density at radius 3 is 2.41 bits per heavy atom. The van der Waals surface area contributed by atoms with Crippen LogP contribution in [0.3, 0.4) is 0 Å². The van der Waals surface area contributed by atoms with Gasteiger partial charge in [0.25, 0.3) is 5.91 Å². The highest BCUT2D eigenvalue weighted by Crippen LogP contribution is 2.22. The van der Waals surface area contributed by atoms with Crippen molar-refractivity contribution >= 4 is 34.7 Å². The molecule has 0 aliphatic carbocycles. The fourth-order valence-corrected chi connectivity index (χ4v) is 2.48. The van der Waals surface area contributed by atoms with Gasteiger partial charge in [0.2, 0.25) is 0 Å². The van der Waals surface area contributed by atoms with Crippen molar-refractivity contribution in [3.05, 3.63) is 71.6 Å². The second-order valence-corrected chi connectivity index (χ2v) is 6.44. The number of ether oxygens (including phenoxy) is 1. The molecule has 0 saturated carbocycles. The number of anilines is 3. The van der Waals surface area contributed by atoms with Gasteiger partial charge in [-0.15, -0.1) is 0 Å². The van der Waals surface area contributed by atoms with Crippen LogP contribution in [0.2, 0.25) is 5.02 Å². The molecule has 7 heteroatoms. The van der Waals surface area contributed by atoms with Gasteiger partial charge in [0, 0.05) is 5.69 Å². The number of nitrogens with zero attached hydrogens (tertiary/aromatic N) is 2. The first-order valence-electron chi connectivity index (χ1n) is 8.43. The van der Waals surface area contributed by atoms with Crippen molar-refractivity contribution in [3.63, 3.8) is 0 Å². The van der Waals surface area contributed by atoms with Crippen LogP contribution in [0.25, 0.3) is 0 Å². The van der Waals surface area contributed by atoms with Gasteiger partial charge in [0.05, 0.1) is 29.2 Å². The van der Waals surface area contributed by atoms with Gasteiger partial charge in [-0.1, -0.05) is 23.7 Å². The van der Waals surface area contributed by atoms with Crippen molar-refractivity contribution in [2.24, 2.45) is 0 Å². The molecule has 0 radical (unpaired) electrons. The third kappa shape index (κ3) is 5.18. The van der Waals surface area contributed by atoms with E-state index in [1.54, 1.807) is 24.3 Å². The number of hydrogen-bond donors (Lipinski definition) is 2. The maximum absolute atomic E-state index is 12.3. The molecule has 0 bridgehead atoms. The summed E-state index contributed by atoms with van der Waals surface area (Å²) in [6, 6.07) is 14.5. The van der Waals surface area contributed by atoms with Gasteiger partial charge >= 0.3 is 0 Å². The number of nitrogens with one attached hydrogen (secondary N) is 2. The summed E-state index contributed by atoms with van der Waals surface area (Å²) >= 11 is 6.04. The highest BCUT2D eigenvalue weighted by atomic mass is 35.5. The Labute approximate surface area is 162 Å². The lowest BCUT2D eigenvalue weighted by Gasteiger charge is -2.11. The first kappa shape index (κ1) is 18.7. The largest absolute Gasteiger partial charge is 0.491 e. The Kier molecular flexibility index (Phi) is 5.88. The van der Waals surface area contributed by atoms with Crippen LogP contribution in [-0.4, -0.2) is 22.0 Å².